The molecular weight excluding hydrogens is 538 g/mol. The van der Waals surface area contributed by atoms with Crippen LogP contribution < -0.4 is 5.73 Å². The zero-order valence-corrected chi connectivity index (χ0v) is 26.9. The van der Waals surface area contributed by atoms with E-state index in [1.54, 1.807) is 6.33 Å². The SMILES string of the molecule is CC(C)N(CCCCc1nc2ccc(C(C)(C)C)cc2[nH]1)CCC1C[C@@H](n2ccc3c(N)ncnc32)[C@@H]2OC(C)(C)O[C@H]12. The number of hydrogen-bond donors (Lipinski definition) is 2. The van der Waals surface area contributed by atoms with Crippen LogP contribution in [-0.2, 0) is 21.3 Å². The lowest BCUT2D eigenvalue weighted by Gasteiger charge is -2.29. The van der Waals surface area contributed by atoms with Gasteiger partial charge in [0.25, 0.3) is 0 Å². The number of nitrogens with two attached hydrogens (primary N) is 1. The fourth-order valence-electron chi connectivity index (χ4n) is 7.08. The number of rotatable bonds is 10. The van der Waals surface area contributed by atoms with Crippen molar-refractivity contribution in [1.82, 2.24) is 29.4 Å². The molecule has 4 atom stereocenters. The van der Waals surface area contributed by atoms with Gasteiger partial charge in [0.15, 0.2) is 5.79 Å². The normalized spacial score (nSPS) is 23.7. The van der Waals surface area contributed by atoms with E-state index in [1.165, 1.54) is 5.56 Å². The summed E-state index contributed by atoms with van der Waals surface area (Å²) in [4.78, 5) is 19.8. The van der Waals surface area contributed by atoms with Gasteiger partial charge in [-0.2, -0.15) is 0 Å². The molecule has 3 aromatic heterocycles. The van der Waals surface area contributed by atoms with E-state index in [0.717, 1.165) is 73.1 Å². The van der Waals surface area contributed by atoms with Gasteiger partial charge in [0.05, 0.1) is 28.6 Å². The monoisotopic (exact) mass is 587 g/mol. The Kier molecular flexibility index (Phi) is 8.02. The van der Waals surface area contributed by atoms with Gasteiger partial charge in [-0.15, -0.1) is 0 Å². The van der Waals surface area contributed by atoms with Crippen molar-refractivity contribution in [2.75, 3.05) is 18.8 Å². The lowest BCUT2D eigenvalue weighted by atomic mass is 9.87. The van der Waals surface area contributed by atoms with Gasteiger partial charge >= 0.3 is 0 Å². The van der Waals surface area contributed by atoms with Crippen LogP contribution in [0, 0.1) is 5.92 Å². The molecule has 1 aliphatic carbocycles. The van der Waals surface area contributed by atoms with Crippen LogP contribution in [0.15, 0.2) is 36.8 Å². The molecule has 43 heavy (non-hydrogen) atoms. The summed E-state index contributed by atoms with van der Waals surface area (Å²) >= 11 is 0. The zero-order valence-electron chi connectivity index (χ0n) is 26.9. The van der Waals surface area contributed by atoms with Crippen LogP contribution in [-0.4, -0.2) is 66.5 Å². The predicted molar refractivity (Wildman–Crippen MR) is 172 cm³/mol. The fourth-order valence-corrected chi connectivity index (χ4v) is 7.08. The Morgan fingerprint density at radius 1 is 1.09 bits per heavy atom. The molecular formula is C34H49N7O2. The number of nitrogen functional groups attached to an aromatic ring is 1. The van der Waals surface area contributed by atoms with Crippen molar-refractivity contribution in [3.8, 4) is 0 Å². The predicted octanol–water partition coefficient (Wildman–Crippen LogP) is 6.39. The molecule has 1 saturated carbocycles. The van der Waals surface area contributed by atoms with Gasteiger partial charge in [-0.25, -0.2) is 15.0 Å². The van der Waals surface area contributed by atoms with E-state index in [2.05, 4.69) is 83.4 Å². The third-order valence-corrected chi connectivity index (χ3v) is 9.47. The number of fused-ring (bicyclic) bond motifs is 3. The number of aromatic amines is 1. The average molecular weight is 588 g/mol. The number of aromatic nitrogens is 5. The number of anilines is 1. The highest BCUT2D eigenvalue weighted by Crippen LogP contribution is 2.49. The smallest absolute Gasteiger partial charge is 0.163 e. The Labute approximate surface area is 255 Å². The summed E-state index contributed by atoms with van der Waals surface area (Å²) in [5.74, 6) is 1.42. The van der Waals surface area contributed by atoms with Crippen molar-refractivity contribution in [3.05, 3.63) is 48.2 Å². The number of hydrogen-bond acceptors (Lipinski definition) is 7. The van der Waals surface area contributed by atoms with Crippen molar-refractivity contribution >= 4 is 27.9 Å². The van der Waals surface area contributed by atoms with E-state index < -0.39 is 5.79 Å². The number of aryl methyl sites for hydroxylation is 1. The number of ether oxygens (including phenoxy) is 2. The van der Waals surface area contributed by atoms with Gasteiger partial charge in [-0.3, -0.25) is 0 Å². The number of unbranched alkanes of at least 4 members (excludes halogenated alkanes) is 1. The first-order valence-corrected chi connectivity index (χ1v) is 16.1. The van der Waals surface area contributed by atoms with E-state index in [1.807, 2.05) is 19.9 Å². The van der Waals surface area contributed by atoms with Gasteiger partial charge in [-0.05, 0) is 102 Å². The topological polar surface area (TPSA) is 107 Å². The minimum absolute atomic E-state index is 0.0115. The number of H-pyrrole nitrogens is 1. The summed E-state index contributed by atoms with van der Waals surface area (Å²) < 4.78 is 15.3. The fraction of sp³-hybridized carbons (Fsp3) is 0.618. The molecule has 1 unspecified atom stereocenters. The number of imidazole rings is 1. The molecule has 1 aromatic carbocycles. The molecule has 0 bridgehead atoms. The van der Waals surface area contributed by atoms with E-state index in [-0.39, 0.29) is 23.7 Å². The minimum Gasteiger partial charge on any atom is -0.383 e. The second-order valence-corrected chi connectivity index (χ2v) is 14.4. The number of nitrogens with zero attached hydrogens (tertiary/aromatic N) is 5. The van der Waals surface area contributed by atoms with Crippen molar-refractivity contribution in [3.63, 3.8) is 0 Å². The molecule has 9 nitrogen and oxygen atoms in total. The van der Waals surface area contributed by atoms with Crippen LogP contribution in [0.5, 0.6) is 0 Å². The van der Waals surface area contributed by atoms with Crippen molar-refractivity contribution < 1.29 is 9.47 Å². The highest BCUT2D eigenvalue weighted by atomic mass is 16.8. The van der Waals surface area contributed by atoms with E-state index in [4.69, 9.17) is 20.2 Å². The van der Waals surface area contributed by atoms with Crippen molar-refractivity contribution in [1.29, 1.82) is 0 Å². The van der Waals surface area contributed by atoms with Gasteiger partial charge in [0, 0.05) is 18.7 Å². The third kappa shape index (κ3) is 6.17. The quantitative estimate of drug-likeness (QED) is 0.207. The van der Waals surface area contributed by atoms with Crippen LogP contribution in [0.2, 0.25) is 0 Å². The maximum atomic E-state index is 6.52. The second kappa shape index (κ2) is 11.5. The van der Waals surface area contributed by atoms with E-state index >= 15 is 0 Å². The Balaban J connectivity index is 1.06. The van der Waals surface area contributed by atoms with Gasteiger partial charge in [0.1, 0.15) is 29.7 Å². The molecule has 0 radical (unpaired) electrons. The molecule has 4 aromatic rings. The molecule has 6 rings (SSSR count). The number of nitrogens with one attached hydrogen (secondary N) is 1. The van der Waals surface area contributed by atoms with E-state index in [0.29, 0.717) is 17.8 Å². The summed E-state index contributed by atoms with van der Waals surface area (Å²) in [6.45, 7) is 17.5. The highest BCUT2D eigenvalue weighted by Gasteiger charge is 2.54. The Bertz CT molecular complexity index is 1570. The minimum atomic E-state index is -0.591. The zero-order chi connectivity index (χ0) is 30.5. The Morgan fingerprint density at radius 3 is 2.65 bits per heavy atom. The molecule has 4 heterocycles. The van der Waals surface area contributed by atoms with Gasteiger partial charge in [0.2, 0.25) is 0 Å². The van der Waals surface area contributed by atoms with Crippen molar-refractivity contribution in [2.24, 2.45) is 5.92 Å². The Morgan fingerprint density at radius 2 is 1.88 bits per heavy atom. The van der Waals surface area contributed by atoms with E-state index in [9.17, 15) is 0 Å². The summed E-state index contributed by atoms with van der Waals surface area (Å²) in [7, 11) is 0. The van der Waals surface area contributed by atoms with Crippen LogP contribution in [0.1, 0.15) is 91.6 Å². The number of benzene rings is 1. The molecule has 0 spiro atoms. The molecule has 2 aliphatic rings. The first-order chi connectivity index (χ1) is 20.4. The first-order valence-electron chi connectivity index (χ1n) is 16.1. The molecule has 232 valence electrons. The maximum Gasteiger partial charge on any atom is 0.163 e. The van der Waals surface area contributed by atoms with Crippen LogP contribution in [0.3, 0.4) is 0 Å². The summed E-state index contributed by atoms with van der Waals surface area (Å²) in [6, 6.07) is 9.27. The highest BCUT2D eigenvalue weighted by molar-refractivity contribution is 5.86. The molecule has 3 N–H and O–H groups in total. The molecule has 1 saturated heterocycles. The first kappa shape index (κ1) is 30.0. The van der Waals surface area contributed by atoms with Crippen molar-refractivity contribution in [2.45, 2.75) is 116 Å². The van der Waals surface area contributed by atoms with Gasteiger partial charge in [-0.1, -0.05) is 26.8 Å². The summed E-state index contributed by atoms with van der Waals surface area (Å²) in [5, 5.41) is 0.893. The second-order valence-electron chi connectivity index (χ2n) is 14.4. The van der Waals surface area contributed by atoms with Crippen LogP contribution >= 0.6 is 0 Å². The average Bonchev–Trinajstić information content (AvgIpc) is 3.68. The summed E-state index contributed by atoms with van der Waals surface area (Å²) in [6.07, 6.45) is 8.98. The molecule has 0 amide bonds. The Hall–Kier alpha value is -3.01. The molecule has 2 fully saturated rings. The third-order valence-electron chi connectivity index (χ3n) is 9.47. The van der Waals surface area contributed by atoms with Crippen LogP contribution in [0.4, 0.5) is 5.82 Å². The van der Waals surface area contributed by atoms with Gasteiger partial charge < -0.3 is 29.7 Å². The van der Waals surface area contributed by atoms with Crippen LogP contribution in [0.25, 0.3) is 22.1 Å². The largest absolute Gasteiger partial charge is 0.383 e. The maximum absolute atomic E-state index is 6.52. The lowest BCUT2D eigenvalue weighted by molar-refractivity contribution is -0.160. The molecule has 1 aliphatic heterocycles. The standard InChI is InChI=1S/C34H49N7O2/c1-21(2)40(15-9-8-10-28-38-25-12-11-23(33(3,4)5)19-26(25)39-28)16-13-22-18-27(30-29(22)42-34(6,7)43-30)41-17-14-24-31(35)36-20-37-32(24)41/h11-12,14,17,19-22,27,29-30H,8-10,13,15-16,18H2,1-7H3,(H,38,39)(H2,35,36,37)/t22?,27-,29-,30+/m1/s1. The molecule has 9 heteroatoms. The lowest BCUT2D eigenvalue weighted by Crippen LogP contribution is -2.35. The summed E-state index contributed by atoms with van der Waals surface area (Å²) in [5.41, 5.74) is 10.7.